The third kappa shape index (κ3) is 3.35. The third-order valence-electron chi connectivity index (χ3n) is 10.3. The Kier molecular flexibility index (Phi) is 7.03. The van der Waals surface area contributed by atoms with Gasteiger partial charge in [-0.2, -0.15) is 5.26 Å². The maximum absolute atomic E-state index is 13.4. The molecule has 3 saturated carbocycles. The van der Waals surface area contributed by atoms with Crippen LogP contribution in [-0.2, 0) is 9.53 Å². The Morgan fingerprint density at radius 3 is 2.52 bits per heavy atom. The molecule has 1 N–H and O–H groups in total. The summed E-state index contributed by atoms with van der Waals surface area (Å²) in [5, 5.41) is 21.7. The molecule has 0 spiro atoms. The molecule has 184 valence electrons. The second-order valence-corrected chi connectivity index (χ2v) is 12.1. The van der Waals surface area contributed by atoms with Crippen LogP contribution < -0.4 is 0 Å². The van der Waals surface area contributed by atoms with Crippen LogP contribution in [0.2, 0.25) is 0 Å². The van der Waals surface area contributed by atoms with E-state index in [9.17, 15) is 15.2 Å². The number of nitriles is 1. The zero-order chi connectivity index (χ0) is 23.9. The van der Waals surface area contributed by atoms with Gasteiger partial charge in [0.25, 0.3) is 0 Å². The number of nitrogens with zero attached hydrogens (tertiary/aromatic N) is 1. The minimum atomic E-state index is -1.08. The van der Waals surface area contributed by atoms with Crippen LogP contribution in [0.15, 0.2) is 11.6 Å². The van der Waals surface area contributed by atoms with Gasteiger partial charge in [0, 0.05) is 12.0 Å². The molecule has 0 saturated heterocycles. The van der Waals surface area contributed by atoms with Crippen molar-refractivity contribution in [2.75, 3.05) is 13.2 Å². The van der Waals surface area contributed by atoms with E-state index >= 15 is 0 Å². The molecule has 3 fully saturated rings. The van der Waals surface area contributed by atoms with Gasteiger partial charge < -0.3 is 9.84 Å². The van der Waals surface area contributed by atoms with Crippen molar-refractivity contribution in [3.8, 4) is 6.07 Å². The van der Waals surface area contributed by atoms with Crippen LogP contribution in [0.3, 0.4) is 0 Å². The number of rotatable bonds is 12. The van der Waals surface area contributed by atoms with Crippen molar-refractivity contribution < 1.29 is 14.6 Å². The molecule has 0 heterocycles. The summed E-state index contributed by atoms with van der Waals surface area (Å²) in [5.74, 6) is 0.744. The van der Waals surface area contributed by atoms with Gasteiger partial charge in [-0.05, 0) is 55.3 Å². The van der Waals surface area contributed by atoms with Crippen LogP contribution in [0.1, 0.15) is 98.3 Å². The Morgan fingerprint density at radius 2 is 1.88 bits per heavy atom. The molecule has 0 aromatic carbocycles. The first-order valence-electron chi connectivity index (χ1n) is 13.8. The molecule has 0 aliphatic heterocycles. The molecule has 0 radical (unpaired) electrons. The largest absolute Gasteiger partial charge is 0.481 e. The van der Waals surface area contributed by atoms with Crippen LogP contribution in [-0.4, -0.2) is 24.3 Å². The number of ether oxygens (including phenoxy) is 1. The van der Waals surface area contributed by atoms with E-state index in [2.05, 4.69) is 39.8 Å². The van der Waals surface area contributed by atoms with Crippen LogP contribution in [0.25, 0.3) is 0 Å². The molecule has 4 nitrogen and oxygen atoms in total. The third-order valence-corrected chi connectivity index (χ3v) is 10.3. The monoisotopic (exact) mass is 455 g/mol. The summed E-state index contributed by atoms with van der Waals surface area (Å²) < 4.78 is 6.37. The number of unbranched alkanes of at least 4 members (excludes halogenated alkanes) is 6. The Morgan fingerprint density at radius 1 is 1.18 bits per heavy atom. The van der Waals surface area contributed by atoms with Gasteiger partial charge in [0.15, 0.2) is 0 Å². The predicted molar refractivity (Wildman–Crippen MR) is 130 cm³/mol. The van der Waals surface area contributed by atoms with E-state index < -0.39 is 22.2 Å². The highest BCUT2D eigenvalue weighted by Gasteiger charge is 2.84. The number of carbonyl (C=O) groups is 1. The van der Waals surface area contributed by atoms with E-state index in [4.69, 9.17) is 4.74 Å². The molecule has 0 aromatic rings. The highest BCUT2D eigenvalue weighted by Crippen LogP contribution is 2.83. The fourth-order valence-electron chi connectivity index (χ4n) is 8.95. The molecular formula is C29H45NO3. The van der Waals surface area contributed by atoms with E-state index in [1.807, 2.05) is 0 Å². The Balaban J connectivity index is 1.57. The number of hydrogen-bond acceptors (Lipinski definition) is 3. The van der Waals surface area contributed by atoms with E-state index in [0.717, 1.165) is 31.3 Å². The van der Waals surface area contributed by atoms with Gasteiger partial charge in [0.2, 0.25) is 0 Å². The maximum atomic E-state index is 13.4. The Bertz CT molecular complexity index is 812. The van der Waals surface area contributed by atoms with Crippen molar-refractivity contribution in [1.29, 1.82) is 5.26 Å². The molecule has 4 bridgehead atoms. The second-order valence-electron chi connectivity index (χ2n) is 12.1. The van der Waals surface area contributed by atoms with Crippen LogP contribution in [0.5, 0.6) is 0 Å². The van der Waals surface area contributed by atoms with Crippen molar-refractivity contribution >= 4 is 5.97 Å². The molecule has 0 amide bonds. The van der Waals surface area contributed by atoms with E-state index in [1.165, 1.54) is 38.5 Å². The first-order valence-corrected chi connectivity index (χ1v) is 13.8. The van der Waals surface area contributed by atoms with Gasteiger partial charge >= 0.3 is 5.97 Å². The lowest BCUT2D eigenvalue weighted by atomic mass is 9.43. The van der Waals surface area contributed by atoms with Crippen molar-refractivity contribution in [2.45, 2.75) is 98.3 Å². The fraction of sp³-hybridized carbons (Fsp3) is 0.862. The van der Waals surface area contributed by atoms with Crippen molar-refractivity contribution in [3.05, 3.63) is 11.6 Å². The van der Waals surface area contributed by atoms with E-state index in [1.54, 1.807) is 0 Å². The van der Waals surface area contributed by atoms with Gasteiger partial charge in [0.05, 0.1) is 18.1 Å². The summed E-state index contributed by atoms with van der Waals surface area (Å²) in [6, 6.07) is 2.72. The van der Waals surface area contributed by atoms with Crippen molar-refractivity contribution in [3.63, 3.8) is 0 Å². The summed E-state index contributed by atoms with van der Waals surface area (Å²) in [5.41, 5.74) is -1.31. The summed E-state index contributed by atoms with van der Waals surface area (Å²) in [6.07, 6.45) is 14.7. The quantitative estimate of drug-likeness (QED) is 0.254. The SMILES string of the molecule is CCCCCCCCCOC[C@]12CC3C(C)CCC3[C@@]3(C#N)CC1C=C(C(C)C)C23C(=O)O. The second kappa shape index (κ2) is 9.37. The van der Waals surface area contributed by atoms with Crippen LogP contribution in [0, 0.1) is 57.2 Å². The maximum Gasteiger partial charge on any atom is 0.316 e. The number of fused-ring (bicyclic) bond motifs is 2. The van der Waals surface area contributed by atoms with Gasteiger partial charge in [-0.25, -0.2) is 0 Å². The minimum absolute atomic E-state index is 0.136. The number of aliphatic carboxylic acids is 1. The highest BCUT2D eigenvalue weighted by atomic mass is 16.5. The summed E-state index contributed by atoms with van der Waals surface area (Å²) in [4.78, 5) is 13.4. The molecule has 7 atom stereocenters. The molecule has 5 unspecified atom stereocenters. The van der Waals surface area contributed by atoms with E-state index in [0.29, 0.717) is 31.5 Å². The van der Waals surface area contributed by atoms with Crippen LogP contribution in [0.4, 0.5) is 0 Å². The average Bonchev–Trinajstić information content (AvgIpc) is 3.35. The molecule has 0 aromatic heterocycles. The number of carboxylic acids is 1. The average molecular weight is 456 g/mol. The first kappa shape index (κ1) is 24.8. The Hall–Kier alpha value is -1.34. The standard InChI is InChI=1S/C29H45NO3/c1-5-6-7-8-9-10-11-14-33-19-28-17-23-21(4)12-13-24(23)27(18-30)16-22(28)15-25(20(2)3)29(27,28)26(31)32/h15,20-24H,5-14,16-17,19H2,1-4H3,(H,31,32)/t21?,22?,23?,24?,27-,28+,29?/m0/s1. The zero-order valence-corrected chi connectivity index (χ0v) is 21.4. The molecule has 33 heavy (non-hydrogen) atoms. The van der Waals surface area contributed by atoms with E-state index in [-0.39, 0.29) is 17.8 Å². The van der Waals surface area contributed by atoms with Gasteiger partial charge in [-0.3, -0.25) is 4.79 Å². The van der Waals surface area contributed by atoms with Crippen molar-refractivity contribution in [1.82, 2.24) is 0 Å². The zero-order valence-electron chi connectivity index (χ0n) is 21.4. The lowest BCUT2D eigenvalue weighted by molar-refractivity contribution is -0.179. The van der Waals surface area contributed by atoms with Crippen LogP contribution >= 0.6 is 0 Å². The summed E-state index contributed by atoms with van der Waals surface area (Å²) in [7, 11) is 0. The fourth-order valence-corrected chi connectivity index (χ4v) is 8.95. The van der Waals surface area contributed by atoms with Gasteiger partial charge in [-0.1, -0.05) is 84.3 Å². The molecule has 4 heteroatoms. The highest BCUT2D eigenvalue weighted by molar-refractivity contribution is 5.85. The minimum Gasteiger partial charge on any atom is -0.481 e. The lowest BCUT2D eigenvalue weighted by Gasteiger charge is -2.57. The summed E-state index contributed by atoms with van der Waals surface area (Å²) in [6.45, 7) is 9.98. The molecule has 4 aliphatic carbocycles. The number of carboxylic acid groups (broad SMARTS) is 1. The normalized spacial score (nSPS) is 40.7. The predicted octanol–water partition coefficient (Wildman–Crippen LogP) is 7.00. The lowest BCUT2D eigenvalue weighted by Crippen LogP contribution is -2.62. The topological polar surface area (TPSA) is 70.3 Å². The van der Waals surface area contributed by atoms with Gasteiger partial charge in [-0.15, -0.1) is 0 Å². The first-order chi connectivity index (χ1) is 15.8. The van der Waals surface area contributed by atoms with Gasteiger partial charge in [0.1, 0.15) is 5.41 Å². The Labute approximate surface area is 201 Å². The molecule has 4 aliphatic rings. The summed E-state index contributed by atoms with van der Waals surface area (Å²) >= 11 is 0. The number of allylic oxidation sites excluding steroid dienone is 1. The number of hydrogen-bond donors (Lipinski definition) is 1. The smallest absolute Gasteiger partial charge is 0.316 e. The molecular weight excluding hydrogens is 410 g/mol. The van der Waals surface area contributed by atoms with Crippen molar-refractivity contribution in [2.24, 2.45) is 45.8 Å². The molecule has 4 rings (SSSR count).